The predicted octanol–water partition coefficient (Wildman–Crippen LogP) is 2.88. The smallest absolute Gasteiger partial charge is 0.241 e. The number of anilines is 2. The topological polar surface area (TPSA) is 49.6 Å². The molecule has 1 aromatic carbocycles. The van der Waals surface area contributed by atoms with Gasteiger partial charge in [0.2, 0.25) is 5.91 Å². The molecule has 0 radical (unpaired) electrons. The van der Waals surface area contributed by atoms with Crippen LogP contribution in [0.4, 0.5) is 11.4 Å². The molecule has 106 valence electrons. The number of benzene rings is 1. The van der Waals surface area contributed by atoms with Crippen LogP contribution in [-0.2, 0) is 4.79 Å². The first-order valence-corrected chi connectivity index (χ1v) is 6.82. The minimum Gasteiger partial charge on any atom is -0.397 e. The van der Waals surface area contributed by atoms with E-state index in [0.717, 1.165) is 18.7 Å². The monoisotopic (exact) mass is 303 g/mol. The molecule has 6 heteroatoms. The van der Waals surface area contributed by atoms with Gasteiger partial charge in [0.05, 0.1) is 28.0 Å². The lowest BCUT2D eigenvalue weighted by atomic mass is 10.2. The lowest BCUT2D eigenvalue weighted by molar-refractivity contribution is -0.127. The molecular weight excluding hydrogens is 285 g/mol. The SMILES string of the molecule is CCCN(CC(=O)N(C)C)c1cc(Cl)c(Cl)cc1N. The van der Waals surface area contributed by atoms with E-state index in [0.29, 0.717) is 15.7 Å². The summed E-state index contributed by atoms with van der Waals surface area (Å²) in [5, 5.41) is 0.850. The lowest BCUT2D eigenvalue weighted by Crippen LogP contribution is -2.37. The zero-order valence-corrected chi connectivity index (χ0v) is 12.9. The summed E-state index contributed by atoms with van der Waals surface area (Å²) >= 11 is 11.9. The molecule has 0 bridgehead atoms. The third-order valence-electron chi connectivity index (χ3n) is 2.73. The van der Waals surface area contributed by atoms with Crippen molar-refractivity contribution < 1.29 is 4.79 Å². The Morgan fingerprint density at radius 2 is 1.84 bits per heavy atom. The highest BCUT2D eigenvalue weighted by Gasteiger charge is 2.16. The number of hydrogen-bond donors (Lipinski definition) is 1. The Hall–Kier alpha value is -1.13. The number of amides is 1. The molecule has 1 amide bonds. The highest BCUT2D eigenvalue weighted by atomic mass is 35.5. The molecule has 0 spiro atoms. The molecule has 1 rings (SSSR count). The Balaban J connectivity index is 3.05. The van der Waals surface area contributed by atoms with Gasteiger partial charge in [-0.15, -0.1) is 0 Å². The van der Waals surface area contributed by atoms with Gasteiger partial charge < -0.3 is 15.5 Å². The van der Waals surface area contributed by atoms with Crippen molar-refractivity contribution in [3.63, 3.8) is 0 Å². The van der Waals surface area contributed by atoms with Crippen LogP contribution in [0.5, 0.6) is 0 Å². The normalized spacial score (nSPS) is 10.4. The molecule has 19 heavy (non-hydrogen) atoms. The van der Waals surface area contributed by atoms with Gasteiger partial charge in [-0.3, -0.25) is 4.79 Å². The van der Waals surface area contributed by atoms with E-state index in [1.165, 1.54) is 0 Å². The summed E-state index contributed by atoms with van der Waals surface area (Å²) in [5.41, 5.74) is 7.23. The van der Waals surface area contributed by atoms with E-state index in [2.05, 4.69) is 0 Å². The van der Waals surface area contributed by atoms with Crippen LogP contribution >= 0.6 is 23.2 Å². The van der Waals surface area contributed by atoms with Crippen molar-refractivity contribution in [1.82, 2.24) is 4.90 Å². The van der Waals surface area contributed by atoms with Gasteiger partial charge >= 0.3 is 0 Å². The first kappa shape index (κ1) is 15.9. The highest BCUT2D eigenvalue weighted by molar-refractivity contribution is 6.42. The van der Waals surface area contributed by atoms with Gasteiger partial charge in [-0.2, -0.15) is 0 Å². The molecule has 0 heterocycles. The molecule has 0 aliphatic rings. The third-order valence-corrected chi connectivity index (χ3v) is 3.45. The number of carbonyl (C=O) groups excluding carboxylic acids is 1. The van der Waals surface area contributed by atoms with E-state index >= 15 is 0 Å². The number of likely N-dealkylation sites (N-methyl/N-ethyl adjacent to an activating group) is 1. The quantitative estimate of drug-likeness (QED) is 0.851. The maximum atomic E-state index is 11.8. The fourth-order valence-corrected chi connectivity index (χ4v) is 2.01. The van der Waals surface area contributed by atoms with Crippen LogP contribution in [0.25, 0.3) is 0 Å². The summed E-state index contributed by atoms with van der Waals surface area (Å²) < 4.78 is 0. The van der Waals surface area contributed by atoms with Crippen LogP contribution in [0.15, 0.2) is 12.1 Å². The maximum absolute atomic E-state index is 11.8. The summed E-state index contributed by atoms with van der Waals surface area (Å²) in [6, 6.07) is 3.32. The molecule has 0 aromatic heterocycles. The van der Waals surface area contributed by atoms with Crippen molar-refractivity contribution in [3.8, 4) is 0 Å². The van der Waals surface area contributed by atoms with Crippen LogP contribution < -0.4 is 10.6 Å². The average Bonchev–Trinajstić information content (AvgIpc) is 2.33. The molecule has 0 aliphatic heterocycles. The van der Waals surface area contributed by atoms with Gasteiger partial charge in [-0.25, -0.2) is 0 Å². The highest BCUT2D eigenvalue weighted by Crippen LogP contribution is 2.33. The number of hydrogen-bond acceptors (Lipinski definition) is 3. The predicted molar refractivity (Wildman–Crippen MR) is 82.1 cm³/mol. The Morgan fingerprint density at radius 1 is 1.26 bits per heavy atom. The number of carbonyl (C=O) groups is 1. The number of rotatable bonds is 5. The van der Waals surface area contributed by atoms with E-state index in [4.69, 9.17) is 28.9 Å². The van der Waals surface area contributed by atoms with Gasteiger partial charge in [-0.1, -0.05) is 30.1 Å². The second-order valence-electron chi connectivity index (χ2n) is 4.53. The second kappa shape index (κ2) is 6.87. The van der Waals surface area contributed by atoms with E-state index in [9.17, 15) is 4.79 Å². The first-order valence-electron chi connectivity index (χ1n) is 6.06. The Bertz CT molecular complexity index is 463. The number of nitrogens with zero attached hydrogens (tertiary/aromatic N) is 2. The Morgan fingerprint density at radius 3 is 2.37 bits per heavy atom. The van der Waals surface area contributed by atoms with Gasteiger partial charge in [0, 0.05) is 20.6 Å². The average molecular weight is 304 g/mol. The third kappa shape index (κ3) is 4.18. The molecule has 0 aliphatic carbocycles. The molecule has 1 aromatic rings. The molecule has 4 nitrogen and oxygen atoms in total. The largest absolute Gasteiger partial charge is 0.397 e. The van der Waals surface area contributed by atoms with Gasteiger partial charge in [0.25, 0.3) is 0 Å². The molecule has 0 unspecified atom stereocenters. The van der Waals surface area contributed by atoms with Crippen LogP contribution in [0.3, 0.4) is 0 Å². The van der Waals surface area contributed by atoms with Crippen LogP contribution in [0.2, 0.25) is 10.0 Å². The summed E-state index contributed by atoms with van der Waals surface area (Å²) in [6.45, 7) is 3.03. The van der Waals surface area contributed by atoms with E-state index in [1.54, 1.807) is 31.1 Å². The lowest BCUT2D eigenvalue weighted by Gasteiger charge is -2.26. The molecule has 0 saturated carbocycles. The van der Waals surface area contributed by atoms with E-state index < -0.39 is 0 Å². The maximum Gasteiger partial charge on any atom is 0.241 e. The van der Waals surface area contributed by atoms with Crippen LogP contribution in [0.1, 0.15) is 13.3 Å². The van der Waals surface area contributed by atoms with Gasteiger partial charge in [0.15, 0.2) is 0 Å². The van der Waals surface area contributed by atoms with Crippen molar-refractivity contribution in [3.05, 3.63) is 22.2 Å². The van der Waals surface area contributed by atoms with Crippen molar-refractivity contribution >= 4 is 40.5 Å². The summed E-state index contributed by atoms with van der Waals surface area (Å²) in [4.78, 5) is 15.3. The van der Waals surface area contributed by atoms with Gasteiger partial charge in [-0.05, 0) is 18.6 Å². The van der Waals surface area contributed by atoms with Gasteiger partial charge in [0.1, 0.15) is 0 Å². The standard InChI is InChI=1S/C13H19Cl2N3O/c1-4-5-18(8-13(19)17(2)3)12-7-10(15)9(14)6-11(12)16/h6-7H,4-5,8,16H2,1-3H3. The van der Waals surface area contributed by atoms with Crippen molar-refractivity contribution in [1.29, 1.82) is 0 Å². The molecule has 0 atom stereocenters. The Kier molecular flexibility index (Phi) is 5.76. The number of nitrogens with two attached hydrogens (primary N) is 1. The zero-order chi connectivity index (χ0) is 14.6. The molecule has 0 fully saturated rings. The Labute approximate surface area is 124 Å². The number of nitrogen functional groups attached to an aromatic ring is 1. The first-order chi connectivity index (χ1) is 8.86. The summed E-state index contributed by atoms with van der Waals surface area (Å²) in [5.74, 6) is 0.0129. The molecule has 2 N–H and O–H groups in total. The van der Waals surface area contributed by atoms with Crippen molar-refractivity contribution in [2.75, 3.05) is 37.8 Å². The zero-order valence-electron chi connectivity index (χ0n) is 11.4. The van der Waals surface area contributed by atoms with Crippen LogP contribution in [-0.4, -0.2) is 38.0 Å². The molecule has 0 saturated heterocycles. The van der Waals surface area contributed by atoms with Crippen molar-refractivity contribution in [2.24, 2.45) is 0 Å². The van der Waals surface area contributed by atoms with Crippen molar-refractivity contribution in [2.45, 2.75) is 13.3 Å². The van der Waals surface area contributed by atoms with E-state index in [-0.39, 0.29) is 12.5 Å². The number of halogens is 2. The summed E-state index contributed by atoms with van der Waals surface area (Å²) in [6.07, 6.45) is 0.903. The minimum atomic E-state index is 0.0129. The summed E-state index contributed by atoms with van der Waals surface area (Å²) in [7, 11) is 3.45. The minimum absolute atomic E-state index is 0.0129. The van der Waals surface area contributed by atoms with E-state index in [1.807, 2.05) is 11.8 Å². The fourth-order valence-electron chi connectivity index (χ4n) is 1.68. The molecular formula is C13H19Cl2N3O. The van der Waals surface area contributed by atoms with Crippen LogP contribution in [0, 0.1) is 0 Å². The fraction of sp³-hybridized carbons (Fsp3) is 0.462. The second-order valence-corrected chi connectivity index (χ2v) is 5.35.